The molecule has 2 aliphatic carbocycles. The fraction of sp³-hybridized carbons (Fsp3) is 0.786. The molecule has 0 saturated heterocycles. The molecule has 2 aliphatic rings. The van der Waals surface area contributed by atoms with E-state index in [0.29, 0.717) is 11.7 Å². The molecule has 2 rings (SSSR count). The van der Waals surface area contributed by atoms with Crippen molar-refractivity contribution in [2.75, 3.05) is 0 Å². The summed E-state index contributed by atoms with van der Waals surface area (Å²) in [5.74, 6) is 2.34. The van der Waals surface area contributed by atoms with Crippen LogP contribution >= 0.6 is 0 Å². The average Bonchev–Trinajstić information content (AvgIpc) is 2.30. The Morgan fingerprint density at radius 2 is 1.73 bits per heavy atom. The summed E-state index contributed by atoms with van der Waals surface area (Å²) in [7, 11) is 0. The van der Waals surface area contributed by atoms with E-state index in [1.54, 1.807) is 0 Å². The SMILES string of the molecule is C=C1C(=O)C[C@H](C)C12C[C@H](C)C[C@H](C)C2. The Bertz CT molecular complexity index is 292. The summed E-state index contributed by atoms with van der Waals surface area (Å²) in [5.41, 5.74) is 1.10. The van der Waals surface area contributed by atoms with Crippen molar-refractivity contribution in [2.24, 2.45) is 23.2 Å². The van der Waals surface area contributed by atoms with Crippen LogP contribution in [0, 0.1) is 23.2 Å². The van der Waals surface area contributed by atoms with Gasteiger partial charge in [0.25, 0.3) is 0 Å². The van der Waals surface area contributed by atoms with E-state index in [9.17, 15) is 4.79 Å². The first kappa shape index (κ1) is 10.9. The van der Waals surface area contributed by atoms with Gasteiger partial charge in [-0.15, -0.1) is 0 Å². The normalized spacial score (nSPS) is 46.5. The van der Waals surface area contributed by atoms with Crippen LogP contribution in [0.1, 0.15) is 46.5 Å². The summed E-state index contributed by atoms with van der Waals surface area (Å²) >= 11 is 0. The molecule has 0 aromatic heterocycles. The third-order valence-corrected chi connectivity index (χ3v) is 4.60. The highest BCUT2D eigenvalue weighted by atomic mass is 16.1. The van der Waals surface area contributed by atoms with Crippen molar-refractivity contribution in [1.82, 2.24) is 0 Å². The summed E-state index contributed by atoms with van der Waals surface area (Å²) in [4.78, 5) is 11.8. The van der Waals surface area contributed by atoms with E-state index in [1.165, 1.54) is 19.3 Å². The summed E-state index contributed by atoms with van der Waals surface area (Å²) in [6.45, 7) is 11.0. The minimum atomic E-state index is 0.161. The first-order valence-electron chi connectivity index (χ1n) is 6.18. The van der Waals surface area contributed by atoms with Crippen molar-refractivity contribution < 1.29 is 4.79 Å². The maximum Gasteiger partial charge on any atom is 0.159 e. The second-order valence-electron chi connectivity index (χ2n) is 6.02. The fourth-order valence-corrected chi connectivity index (χ4v) is 4.00. The molecule has 2 saturated carbocycles. The van der Waals surface area contributed by atoms with E-state index < -0.39 is 0 Å². The van der Waals surface area contributed by atoms with Crippen molar-refractivity contribution in [2.45, 2.75) is 46.5 Å². The standard InChI is InChI=1S/C14H22O/c1-9-5-10(2)8-14(7-9)11(3)6-13(15)12(14)4/h9-11H,4-8H2,1-3H3/t9-,10+,11-,14?/m0/s1. The molecule has 1 heteroatoms. The van der Waals surface area contributed by atoms with Gasteiger partial charge in [-0.3, -0.25) is 4.79 Å². The first-order chi connectivity index (χ1) is 6.95. The number of Topliss-reactive ketones (excluding diaryl/α,β-unsaturated/α-hetero) is 1. The van der Waals surface area contributed by atoms with Crippen LogP contribution in [0.5, 0.6) is 0 Å². The molecule has 0 aromatic carbocycles. The van der Waals surface area contributed by atoms with E-state index in [2.05, 4.69) is 27.4 Å². The van der Waals surface area contributed by atoms with E-state index in [-0.39, 0.29) is 5.41 Å². The number of hydrogen-bond acceptors (Lipinski definition) is 1. The fourth-order valence-electron chi connectivity index (χ4n) is 4.00. The minimum Gasteiger partial charge on any atom is -0.295 e. The highest BCUT2D eigenvalue weighted by Gasteiger charge is 2.50. The molecule has 15 heavy (non-hydrogen) atoms. The molecule has 4 atom stereocenters. The van der Waals surface area contributed by atoms with E-state index >= 15 is 0 Å². The van der Waals surface area contributed by atoms with Gasteiger partial charge >= 0.3 is 0 Å². The molecule has 2 fully saturated rings. The molecule has 84 valence electrons. The van der Waals surface area contributed by atoms with Gasteiger partial charge in [0.2, 0.25) is 0 Å². The third kappa shape index (κ3) is 1.56. The van der Waals surface area contributed by atoms with Gasteiger partial charge in [0.05, 0.1) is 0 Å². The van der Waals surface area contributed by atoms with Crippen LogP contribution in [-0.2, 0) is 4.79 Å². The van der Waals surface area contributed by atoms with Crippen molar-refractivity contribution >= 4 is 5.78 Å². The third-order valence-electron chi connectivity index (χ3n) is 4.60. The predicted octanol–water partition coefficient (Wildman–Crippen LogP) is 3.59. The summed E-state index contributed by atoms with van der Waals surface area (Å²) < 4.78 is 0. The zero-order valence-corrected chi connectivity index (χ0v) is 10.2. The first-order valence-corrected chi connectivity index (χ1v) is 6.18. The highest BCUT2D eigenvalue weighted by Crippen LogP contribution is 2.56. The Hall–Kier alpha value is -0.590. The Balaban J connectivity index is 2.31. The van der Waals surface area contributed by atoms with Gasteiger partial charge in [0, 0.05) is 11.8 Å². The van der Waals surface area contributed by atoms with Crippen LogP contribution in [0.2, 0.25) is 0 Å². The van der Waals surface area contributed by atoms with Gasteiger partial charge in [-0.1, -0.05) is 27.4 Å². The molecule has 0 aromatic rings. The number of carbonyl (C=O) groups is 1. The van der Waals surface area contributed by atoms with E-state index in [4.69, 9.17) is 0 Å². The van der Waals surface area contributed by atoms with Crippen LogP contribution in [0.15, 0.2) is 12.2 Å². The molecule has 0 amide bonds. The molecule has 0 aliphatic heterocycles. The largest absolute Gasteiger partial charge is 0.295 e. The topological polar surface area (TPSA) is 17.1 Å². The molecule has 1 unspecified atom stereocenters. The monoisotopic (exact) mass is 206 g/mol. The molecule has 0 radical (unpaired) electrons. The average molecular weight is 206 g/mol. The van der Waals surface area contributed by atoms with Crippen LogP contribution in [0.25, 0.3) is 0 Å². The van der Waals surface area contributed by atoms with Crippen molar-refractivity contribution in [1.29, 1.82) is 0 Å². The molecular weight excluding hydrogens is 184 g/mol. The molecule has 0 bridgehead atoms. The second-order valence-corrected chi connectivity index (χ2v) is 6.02. The number of hydrogen-bond donors (Lipinski definition) is 0. The molecule has 0 N–H and O–H groups in total. The second kappa shape index (κ2) is 3.47. The number of carbonyl (C=O) groups excluding carboxylic acids is 1. The Morgan fingerprint density at radius 3 is 2.13 bits per heavy atom. The highest BCUT2D eigenvalue weighted by molar-refractivity contribution is 5.99. The van der Waals surface area contributed by atoms with Gasteiger partial charge < -0.3 is 0 Å². The lowest BCUT2D eigenvalue weighted by molar-refractivity contribution is -0.114. The quantitative estimate of drug-likeness (QED) is 0.553. The molecular formula is C14H22O. The smallest absolute Gasteiger partial charge is 0.159 e. The van der Waals surface area contributed by atoms with E-state index in [0.717, 1.165) is 23.8 Å². The zero-order chi connectivity index (χ0) is 11.2. The Kier molecular flexibility index (Phi) is 2.52. The van der Waals surface area contributed by atoms with Gasteiger partial charge in [-0.25, -0.2) is 0 Å². The van der Waals surface area contributed by atoms with Crippen molar-refractivity contribution in [3.05, 3.63) is 12.2 Å². The van der Waals surface area contributed by atoms with Gasteiger partial charge in [0.15, 0.2) is 5.78 Å². The minimum absolute atomic E-state index is 0.161. The maximum atomic E-state index is 11.8. The predicted molar refractivity (Wildman–Crippen MR) is 62.5 cm³/mol. The van der Waals surface area contributed by atoms with Crippen molar-refractivity contribution in [3.8, 4) is 0 Å². The molecule has 1 nitrogen and oxygen atoms in total. The zero-order valence-electron chi connectivity index (χ0n) is 10.2. The molecule has 1 spiro atoms. The lowest BCUT2D eigenvalue weighted by atomic mass is 9.60. The van der Waals surface area contributed by atoms with Gasteiger partial charge in [-0.05, 0) is 42.6 Å². The summed E-state index contributed by atoms with van der Waals surface area (Å²) in [6, 6.07) is 0. The number of allylic oxidation sites excluding steroid dienone is 1. The number of ketones is 1. The number of rotatable bonds is 0. The lowest BCUT2D eigenvalue weighted by Gasteiger charge is -2.43. The summed E-state index contributed by atoms with van der Waals surface area (Å²) in [6.07, 6.45) is 4.42. The van der Waals surface area contributed by atoms with Crippen LogP contribution in [0.3, 0.4) is 0 Å². The van der Waals surface area contributed by atoms with Gasteiger partial charge in [0.1, 0.15) is 0 Å². The van der Waals surface area contributed by atoms with Crippen molar-refractivity contribution in [3.63, 3.8) is 0 Å². The summed E-state index contributed by atoms with van der Waals surface area (Å²) in [5, 5.41) is 0. The van der Waals surface area contributed by atoms with Crippen LogP contribution < -0.4 is 0 Å². The van der Waals surface area contributed by atoms with Crippen LogP contribution in [0.4, 0.5) is 0 Å². The Morgan fingerprint density at radius 1 is 1.20 bits per heavy atom. The van der Waals surface area contributed by atoms with Crippen LogP contribution in [-0.4, -0.2) is 5.78 Å². The van der Waals surface area contributed by atoms with Gasteiger partial charge in [-0.2, -0.15) is 0 Å². The lowest BCUT2D eigenvalue weighted by Crippen LogP contribution is -2.35. The maximum absolute atomic E-state index is 11.8. The van der Waals surface area contributed by atoms with E-state index in [1.807, 2.05) is 0 Å². The Labute approximate surface area is 92.9 Å². The molecule has 0 heterocycles.